The molecule has 0 radical (unpaired) electrons. The fourth-order valence-corrected chi connectivity index (χ4v) is 6.23. The Bertz CT molecular complexity index is 1500. The minimum absolute atomic E-state index is 0.0151. The molecular weight excluding hydrogens is 539 g/mol. The first kappa shape index (κ1) is 28.1. The quantitative estimate of drug-likeness (QED) is 0.472. The Kier molecular flexibility index (Phi) is 7.64. The van der Waals surface area contributed by atoms with E-state index in [1.54, 1.807) is 24.3 Å². The van der Waals surface area contributed by atoms with Gasteiger partial charge in [0, 0.05) is 13.2 Å². The number of hydrogen-bond acceptors (Lipinski definition) is 9. The van der Waals surface area contributed by atoms with Crippen LogP contribution < -0.4 is 15.4 Å². The highest BCUT2D eigenvalue weighted by atomic mass is 32.2. The lowest BCUT2D eigenvalue weighted by Gasteiger charge is -2.25. The maximum absolute atomic E-state index is 15.3. The van der Waals surface area contributed by atoms with Gasteiger partial charge in [-0.3, -0.25) is 4.79 Å². The zero-order valence-electron chi connectivity index (χ0n) is 22.7. The number of hydrogen-bond donors (Lipinski definition) is 1. The molecule has 1 atom stereocenters. The van der Waals surface area contributed by atoms with Gasteiger partial charge < -0.3 is 20.1 Å². The Morgan fingerprint density at radius 3 is 2.50 bits per heavy atom. The molecule has 1 amide bonds. The molecule has 2 aliphatic rings. The van der Waals surface area contributed by atoms with E-state index in [1.807, 2.05) is 20.8 Å². The van der Waals surface area contributed by atoms with Crippen molar-refractivity contribution in [1.82, 2.24) is 20.2 Å². The first-order chi connectivity index (χ1) is 18.9. The summed E-state index contributed by atoms with van der Waals surface area (Å²) in [5.41, 5.74) is 6.17. The summed E-state index contributed by atoms with van der Waals surface area (Å²) in [6.45, 7) is 7.68. The minimum Gasteiger partial charge on any atom is -0.493 e. The maximum atomic E-state index is 15.3. The van der Waals surface area contributed by atoms with Gasteiger partial charge in [0.15, 0.2) is 9.84 Å². The van der Waals surface area contributed by atoms with Crippen molar-refractivity contribution >= 4 is 21.4 Å². The predicted octanol–water partition coefficient (Wildman–Crippen LogP) is 2.69. The molecule has 214 valence electrons. The van der Waals surface area contributed by atoms with Gasteiger partial charge in [0.05, 0.1) is 46.6 Å². The first-order valence-electron chi connectivity index (χ1n) is 13.2. The Balaban J connectivity index is 1.46. The van der Waals surface area contributed by atoms with Crippen LogP contribution in [-0.4, -0.2) is 66.1 Å². The molecule has 1 aromatic heterocycles. The summed E-state index contributed by atoms with van der Waals surface area (Å²) in [5, 5.41) is 12.3. The summed E-state index contributed by atoms with van der Waals surface area (Å²) in [7, 11) is -4.07. The summed E-state index contributed by atoms with van der Waals surface area (Å²) in [6.07, 6.45) is 1.92. The normalized spacial score (nSPS) is 19.8. The topological polar surface area (TPSA) is 143 Å². The number of benzene rings is 2. The molecule has 2 aromatic carbocycles. The zero-order valence-corrected chi connectivity index (χ0v) is 23.5. The van der Waals surface area contributed by atoms with E-state index in [1.165, 1.54) is 15.8 Å². The number of rotatable bonds is 6. The zero-order chi connectivity index (χ0) is 28.7. The first-order valence-corrected chi connectivity index (χ1v) is 14.8. The second kappa shape index (κ2) is 10.9. The van der Waals surface area contributed by atoms with Crippen LogP contribution in [0.15, 0.2) is 41.3 Å². The molecule has 0 aliphatic carbocycles. The fraction of sp³-hybridized carbons (Fsp3) is 0.481. The van der Waals surface area contributed by atoms with Crippen LogP contribution in [0.2, 0.25) is 0 Å². The summed E-state index contributed by atoms with van der Waals surface area (Å²) in [5.74, 6) is -0.965. The second-order valence-corrected chi connectivity index (χ2v) is 13.2. The summed E-state index contributed by atoms with van der Waals surface area (Å²) in [4.78, 5) is 15.7. The number of amides is 1. The Hall–Kier alpha value is -3.42. The van der Waals surface area contributed by atoms with Gasteiger partial charge in [-0.25, -0.2) is 12.8 Å². The third-order valence-corrected chi connectivity index (χ3v) is 8.80. The Labute approximate surface area is 232 Å². The minimum atomic E-state index is -4.07. The van der Waals surface area contributed by atoms with Gasteiger partial charge in [0.1, 0.15) is 11.6 Å². The van der Waals surface area contributed by atoms with E-state index in [2.05, 4.69) is 15.4 Å². The van der Waals surface area contributed by atoms with Gasteiger partial charge in [-0.1, -0.05) is 12.1 Å². The Morgan fingerprint density at radius 2 is 1.85 bits per heavy atom. The van der Waals surface area contributed by atoms with Crippen LogP contribution in [0.1, 0.15) is 39.2 Å². The van der Waals surface area contributed by atoms with Crippen LogP contribution in [0.5, 0.6) is 5.75 Å². The Morgan fingerprint density at radius 1 is 1.15 bits per heavy atom. The molecule has 3 aromatic rings. The van der Waals surface area contributed by atoms with E-state index in [-0.39, 0.29) is 28.5 Å². The summed E-state index contributed by atoms with van der Waals surface area (Å²) >= 11 is 0. The molecule has 0 bridgehead atoms. The highest BCUT2D eigenvalue weighted by molar-refractivity contribution is 7.91. The molecule has 2 N–H and O–H groups in total. The summed E-state index contributed by atoms with van der Waals surface area (Å²) < 4.78 is 52.9. The lowest BCUT2D eigenvalue weighted by molar-refractivity contribution is -0.119. The van der Waals surface area contributed by atoms with Gasteiger partial charge in [0.25, 0.3) is 0 Å². The fourth-order valence-electron chi connectivity index (χ4n) is 4.66. The number of fused-ring (bicyclic) bond motifs is 1. The number of carbonyl (C=O) groups excluding carboxylic acids is 1. The highest BCUT2D eigenvalue weighted by Gasteiger charge is 2.37. The predicted molar refractivity (Wildman–Crippen MR) is 145 cm³/mol. The number of ether oxygens (including phenoxy) is 2. The van der Waals surface area contributed by atoms with Crippen LogP contribution in [0.4, 0.5) is 10.1 Å². The second-order valence-electron chi connectivity index (χ2n) is 11.2. The molecule has 3 heterocycles. The maximum Gasteiger partial charge on any atom is 0.245 e. The number of aromatic nitrogens is 4. The monoisotopic (exact) mass is 572 g/mol. The van der Waals surface area contributed by atoms with Crippen LogP contribution in [-0.2, 0) is 31.5 Å². The van der Waals surface area contributed by atoms with Gasteiger partial charge in [-0.05, 0) is 74.6 Å². The van der Waals surface area contributed by atoms with E-state index < -0.39 is 38.9 Å². The molecule has 1 saturated heterocycles. The van der Waals surface area contributed by atoms with Crippen molar-refractivity contribution in [2.45, 2.75) is 56.6 Å². The van der Waals surface area contributed by atoms with Crippen molar-refractivity contribution < 1.29 is 27.1 Å². The number of nitrogens with zero attached hydrogens (tertiary/aromatic N) is 5. The lowest BCUT2D eigenvalue weighted by Crippen LogP contribution is -2.45. The number of tetrazole rings is 1. The molecule has 2 aliphatic heterocycles. The van der Waals surface area contributed by atoms with Gasteiger partial charge in [-0.2, -0.15) is 4.80 Å². The van der Waals surface area contributed by atoms with Crippen molar-refractivity contribution in [1.29, 1.82) is 0 Å². The number of carbonyl (C=O) groups is 1. The van der Waals surface area contributed by atoms with E-state index in [0.29, 0.717) is 23.8 Å². The highest BCUT2D eigenvalue weighted by Crippen LogP contribution is 2.36. The molecule has 0 spiro atoms. The van der Waals surface area contributed by atoms with Gasteiger partial charge >= 0.3 is 0 Å². The van der Waals surface area contributed by atoms with E-state index in [9.17, 15) is 13.2 Å². The van der Waals surface area contributed by atoms with E-state index in [4.69, 9.17) is 15.2 Å². The smallest absolute Gasteiger partial charge is 0.245 e. The van der Waals surface area contributed by atoms with Crippen molar-refractivity contribution in [3.8, 4) is 17.1 Å². The largest absolute Gasteiger partial charge is 0.493 e. The summed E-state index contributed by atoms with van der Waals surface area (Å²) in [6, 6.07) is 8.09. The SMILES string of the molecule is CC(C)(C)n1nnc(-c2cc3c(cc2F)S(=O)(=O)C[C@H](N)C(=O)N3Cc2ccc(OCC3CCOCC3)cc2)n1. The third kappa shape index (κ3) is 5.86. The van der Waals surface area contributed by atoms with Crippen LogP contribution in [0, 0.1) is 11.7 Å². The number of sulfone groups is 1. The standard InChI is InChI=1S/C27H33FN6O5S/c1-27(2,3)34-31-25(30-32-34)20-12-23-24(13-21(20)28)40(36,37)16-22(29)26(35)33(23)14-17-4-6-19(7-5-17)39-15-18-8-10-38-11-9-18/h4-7,12-13,18,22H,8-11,14-16,29H2,1-3H3/t22-/m0/s1. The molecule has 0 unspecified atom stereocenters. The van der Waals surface area contributed by atoms with Crippen LogP contribution in [0.25, 0.3) is 11.4 Å². The molecule has 11 nitrogen and oxygen atoms in total. The van der Waals surface area contributed by atoms with Crippen LogP contribution >= 0.6 is 0 Å². The van der Waals surface area contributed by atoms with Gasteiger partial charge in [0.2, 0.25) is 11.7 Å². The van der Waals surface area contributed by atoms with Crippen molar-refractivity contribution in [2.24, 2.45) is 11.7 Å². The van der Waals surface area contributed by atoms with E-state index >= 15 is 4.39 Å². The molecule has 40 heavy (non-hydrogen) atoms. The molecule has 5 rings (SSSR count). The van der Waals surface area contributed by atoms with Crippen molar-refractivity contribution in [3.63, 3.8) is 0 Å². The van der Waals surface area contributed by atoms with E-state index in [0.717, 1.165) is 32.1 Å². The average Bonchev–Trinajstić information content (AvgIpc) is 3.40. The third-order valence-electron chi connectivity index (χ3n) is 7.00. The number of nitrogens with two attached hydrogens (primary N) is 1. The van der Waals surface area contributed by atoms with Gasteiger partial charge in [-0.15, -0.1) is 10.2 Å². The molecular formula is C27H33FN6O5S. The molecule has 0 saturated carbocycles. The number of anilines is 1. The molecule has 13 heteroatoms. The van der Waals surface area contributed by atoms with Crippen molar-refractivity contribution in [3.05, 3.63) is 47.8 Å². The lowest BCUT2D eigenvalue weighted by atomic mass is 10.0. The molecule has 1 fully saturated rings. The van der Waals surface area contributed by atoms with Crippen LogP contribution in [0.3, 0.4) is 0 Å². The number of halogens is 1. The van der Waals surface area contributed by atoms with Crippen molar-refractivity contribution in [2.75, 3.05) is 30.5 Å². The average molecular weight is 573 g/mol.